The summed E-state index contributed by atoms with van der Waals surface area (Å²) in [7, 11) is 0. The minimum atomic E-state index is -0.594. The molecule has 3 rings (SSSR count). The summed E-state index contributed by atoms with van der Waals surface area (Å²) in [6, 6.07) is 5.72. The van der Waals surface area contributed by atoms with Crippen LogP contribution in [0, 0.1) is 29.1 Å². The Morgan fingerprint density at radius 1 is 1.28 bits per heavy atom. The normalized spacial score (nSPS) is 30.9. The van der Waals surface area contributed by atoms with Crippen molar-refractivity contribution in [3.63, 3.8) is 0 Å². The zero-order valence-corrected chi connectivity index (χ0v) is 10.2. The van der Waals surface area contributed by atoms with Gasteiger partial charge in [0.2, 0.25) is 0 Å². The molecule has 0 bridgehead atoms. The Balaban J connectivity index is 1.78. The van der Waals surface area contributed by atoms with Crippen LogP contribution in [-0.4, -0.2) is 10.8 Å². The number of ketones is 1. The zero-order valence-electron chi connectivity index (χ0n) is 10.2. The number of carbonyl (C=O) groups excluding carboxylic acids is 1. The molecule has 2 fully saturated rings. The standard InChI is InChI=1S/C15H16N2O/c16-9-13(10-5-7-17-8-6-10)15(18)14-11-3-1-2-4-12(11)14/h5-8,11-14H,1-4H2. The number of hydrogen-bond acceptors (Lipinski definition) is 3. The molecule has 0 N–H and O–H groups in total. The van der Waals surface area contributed by atoms with Gasteiger partial charge in [-0.2, -0.15) is 5.26 Å². The van der Waals surface area contributed by atoms with Gasteiger partial charge in [-0.25, -0.2) is 0 Å². The Morgan fingerprint density at radius 2 is 1.89 bits per heavy atom. The number of hydrogen-bond donors (Lipinski definition) is 0. The summed E-state index contributed by atoms with van der Waals surface area (Å²) in [6.07, 6.45) is 8.14. The van der Waals surface area contributed by atoms with E-state index in [-0.39, 0.29) is 11.7 Å². The highest BCUT2D eigenvalue weighted by Gasteiger charge is 2.55. The molecule has 0 spiro atoms. The van der Waals surface area contributed by atoms with Gasteiger partial charge in [-0.05, 0) is 42.4 Å². The lowest BCUT2D eigenvalue weighted by Gasteiger charge is -2.07. The minimum Gasteiger partial charge on any atom is -0.298 e. The van der Waals surface area contributed by atoms with E-state index in [1.165, 1.54) is 25.7 Å². The SMILES string of the molecule is N#CC(C(=O)C1C2CCCCC21)c1ccncc1. The Morgan fingerprint density at radius 3 is 2.44 bits per heavy atom. The van der Waals surface area contributed by atoms with E-state index in [0.717, 1.165) is 5.56 Å². The Bertz CT molecular complexity index is 479. The fourth-order valence-electron chi connectivity index (χ4n) is 3.47. The van der Waals surface area contributed by atoms with Gasteiger partial charge in [-0.1, -0.05) is 12.8 Å². The van der Waals surface area contributed by atoms with Crippen LogP contribution >= 0.6 is 0 Å². The molecular weight excluding hydrogens is 224 g/mol. The van der Waals surface area contributed by atoms with Crippen molar-refractivity contribution in [2.24, 2.45) is 17.8 Å². The second kappa shape index (κ2) is 4.53. The van der Waals surface area contributed by atoms with Gasteiger partial charge in [0.05, 0.1) is 6.07 Å². The van der Waals surface area contributed by atoms with Crippen molar-refractivity contribution in [2.75, 3.05) is 0 Å². The van der Waals surface area contributed by atoms with Gasteiger partial charge in [0.25, 0.3) is 0 Å². The van der Waals surface area contributed by atoms with Crippen LogP contribution in [-0.2, 0) is 4.79 Å². The number of nitriles is 1. The molecule has 0 amide bonds. The molecule has 3 atom stereocenters. The van der Waals surface area contributed by atoms with Gasteiger partial charge >= 0.3 is 0 Å². The van der Waals surface area contributed by atoms with E-state index >= 15 is 0 Å². The van der Waals surface area contributed by atoms with Crippen molar-refractivity contribution in [3.05, 3.63) is 30.1 Å². The molecule has 18 heavy (non-hydrogen) atoms. The third-order valence-corrected chi connectivity index (χ3v) is 4.44. The molecule has 0 saturated heterocycles. The van der Waals surface area contributed by atoms with E-state index in [0.29, 0.717) is 11.8 Å². The lowest BCUT2D eigenvalue weighted by Crippen LogP contribution is -2.14. The predicted molar refractivity (Wildman–Crippen MR) is 66.5 cm³/mol. The van der Waals surface area contributed by atoms with E-state index in [1.807, 2.05) is 0 Å². The average molecular weight is 240 g/mol. The summed E-state index contributed by atoms with van der Waals surface area (Å²) in [6.45, 7) is 0. The largest absolute Gasteiger partial charge is 0.298 e. The second-order valence-corrected chi connectivity index (χ2v) is 5.38. The minimum absolute atomic E-state index is 0.139. The fraction of sp³-hybridized carbons (Fsp3) is 0.533. The topological polar surface area (TPSA) is 53.8 Å². The molecule has 1 heterocycles. The number of nitrogens with zero attached hydrogens (tertiary/aromatic N) is 2. The summed E-state index contributed by atoms with van der Waals surface area (Å²) < 4.78 is 0. The monoisotopic (exact) mass is 240 g/mol. The van der Waals surface area contributed by atoms with Gasteiger partial charge in [-0.15, -0.1) is 0 Å². The Kier molecular flexibility index (Phi) is 2.87. The maximum absolute atomic E-state index is 12.5. The quantitative estimate of drug-likeness (QED) is 0.816. The Hall–Kier alpha value is -1.69. The molecule has 92 valence electrons. The highest BCUT2D eigenvalue weighted by atomic mass is 16.1. The second-order valence-electron chi connectivity index (χ2n) is 5.38. The zero-order chi connectivity index (χ0) is 12.5. The van der Waals surface area contributed by atoms with Crippen LogP contribution in [0.3, 0.4) is 0 Å². The van der Waals surface area contributed by atoms with Crippen molar-refractivity contribution in [2.45, 2.75) is 31.6 Å². The van der Waals surface area contributed by atoms with Crippen LogP contribution in [0.5, 0.6) is 0 Å². The first kappa shape index (κ1) is 11.4. The molecule has 1 aromatic rings. The molecule has 0 aliphatic heterocycles. The van der Waals surface area contributed by atoms with E-state index in [2.05, 4.69) is 11.1 Å². The van der Waals surface area contributed by atoms with Crippen LogP contribution in [0.1, 0.15) is 37.2 Å². The maximum atomic E-state index is 12.5. The summed E-state index contributed by atoms with van der Waals surface area (Å²) in [5.41, 5.74) is 0.793. The Labute approximate surface area is 107 Å². The first-order chi connectivity index (χ1) is 8.83. The van der Waals surface area contributed by atoms with E-state index in [1.54, 1.807) is 24.5 Å². The van der Waals surface area contributed by atoms with Crippen LogP contribution in [0.15, 0.2) is 24.5 Å². The lowest BCUT2D eigenvalue weighted by molar-refractivity contribution is -0.121. The number of aromatic nitrogens is 1. The summed E-state index contributed by atoms with van der Waals surface area (Å²) in [5.74, 6) is 0.849. The van der Waals surface area contributed by atoms with Crippen LogP contribution in [0.4, 0.5) is 0 Å². The smallest absolute Gasteiger partial charge is 0.158 e. The van der Waals surface area contributed by atoms with Crippen molar-refractivity contribution in [1.29, 1.82) is 5.26 Å². The molecule has 3 unspecified atom stereocenters. The van der Waals surface area contributed by atoms with Crippen LogP contribution in [0.2, 0.25) is 0 Å². The highest BCUT2D eigenvalue weighted by molar-refractivity contribution is 5.92. The molecule has 0 radical (unpaired) electrons. The highest BCUT2D eigenvalue weighted by Crippen LogP contribution is 2.57. The van der Waals surface area contributed by atoms with Gasteiger partial charge in [-0.3, -0.25) is 9.78 Å². The van der Waals surface area contributed by atoms with Crippen molar-refractivity contribution >= 4 is 5.78 Å². The molecule has 2 aliphatic carbocycles. The van der Waals surface area contributed by atoms with Crippen LogP contribution in [0.25, 0.3) is 0 Å². The number of Topliss-reactive ketones (excluding diaryl/α,β-unsaturated/α-hetero) is 1. The summed E-state index contributed by atoms with van der Waals surface area (Å²) >= 11 is 0. The fourth-order valence-corrected chi connectivity index (χ4v) is 3.47. The summed E-state index contributed by atoms with van der Waals surface area (Å²) in [5, 5.41) is 9.27. The van der Waals surface area contributed by atoms with Gasteiger partial charge in [0.15, 0.2) is 5.78 Å². The number of pyridine rings is 1. The average Bonchev–Trinajstić information content (AvgIpc) is 3.15. The third-order valence-electron chi connectivity index (χ3n) is 4.44. The van der Waals surface area contributed by atoms with E-state index in [4.69, 9.17) is 0 Å². The summed E-state index contributed by atoms with van der Waals surface area (Å²) in [4.78, 5) is 16.4. The molecule has 3 nitrogen and oxygen atoms in total. The first-order valence-electron chi connectivity index (χ1n) is 6.66. The molecule has 3 heteroatoms. The molecule has 1 aromatic heterocycles. The van der Waals surface area contributed by atoms with Crippen molar-refractivity contribution in [3.8, 4) is 6.07 Å². The van der Waals surface area contributed by atoms with E-state index in [9.17, 15) is 10.1 Å². The van der Waals surface area contributed by atoms with E-state index < -0.39 is 5.92 Å². The van der Waals surface area contributed by atoms with Gasteiger partial charge in [0, 0.05) is 18.3 Å². The lowest BCUT2D eigenvalue weighted by atomic mass is 9.93. The number of rotatable bonds is 3. The number of fused-ring (bicyclic) bond motifs is 1. The van der Waals surface area contributed by atoms with Gasteiger partial charge < -0.3 is 0 Å². The van der Waals surface area contributed by atoms with Crippen molar-refractivity contribution < 1.29 is 4.79 Å². The predicted octanol–water partition coefficient (Wildman–Crippen LogP) is 2.69. The third kappa shape index (κ3) is 1.82. The molecular formula is C15H16N2O. The molecule has 0 aromatic carbocycles. The van der Waals surface area contributed by atoms with Crippen molar-refractivity contribution in [1.82, 2.24) is 4.98 Å². The van der Waals surface area contributed by atoms with Gasteiger partial charge in [0.1, 0.15) is 5.92 Å². The number of carbonyl (C=O) groups is 1. The maximum Gasteiger partial charge on any atom is 0.158 e. The molecule has 2 saturated carbocycles. The van der Waals surface area contributed by atoms with Crippen LogP contribution < -0.4 is 0 Å². The first-order valence-corrected chi connectivity index (χ1v) is 6.66. The molecule has 2 aliphatic rings.